The van der Waals surface area contributed by atoms with Crippen LogP contribution in [0.15, 0.2) is 18.2 Å². The molecule has 0 bridgehead atoms. The van der Waals surface area contributed by atoms with Crippen molar-refractivity contribution in [3.63, 3.8) is 0 Å². The standard InChI is InChI=1S/C8H8ClNOS/c1-5-3-2-4-6(9)7(5)10-8(11)12/h2-4H,1H3,(H2,10,11,12). The second kappa shape index (κ2) is 3.83. The summed E-state index contributed by atoms with van der Waals surface area (Å²) in [7, 11) is 0. The van der Waals surface area contributed by atoms with Gasteiger partial charge in [0, 0.05) is 0 Å². The molecule has 0 spiro atoms. The van der Waals surface area contributed by atoms with Gasteiger partial charge in [0.25, 0.3) is 5.24 Å². The van der Waals surface area contributed by atoms with E-state index in [1.165, 1.54) is 0 Å². The molecular weight excluding hydrogens is 194 g/mol. The second-order valence-electron chi connectivity index (χ2n) is 2.36. The molecule has 12 heavy (non-hydrogen) atoms. The summed E-state index contributed by atoms with van der Waals surface area (Å²) in [5.41, 5.74) is 1.55. The van der Waals surface area contributed by atoms with Crippen molar-refractivity contribution >= 4 is 35.2 Å². The number of carbonyl (C=O) groups excluding carboxylic acids is 1. The minimum absolute atomic E-state index is 0.411. The second-order valence-corrected chi connectivity index (χ2v) is 3.18. The van der Waals surface area contributed by atoms with Gasteiger partial charge in [0.1, 0.15) is 0 Å². The fourth-order valence-electron chi connectivity index (χ4n) is 0.897. The summed E-state index contributed by atoms with van der Waals surface area (Å²) in [6, 6.07) is 5.41. The van der Waals surface area contributed by atoms with Gasteiger partial charge in [-0.3, -0.25) is 4.79 Å². The first-order valence-corrected chi connectivity index (χ1v) is 4.19. The van der Waals surface area contributed by atoms with Gasteiger partial charge >= 0.3 is 0 Å². The van der Waals surface area contributed by atoms with Crippen LogP contribution in [0.3, 0.4) is 0 Å². The SMILES string of the molecule is Cc1cccc(Cl)c1NC(=O)S. The molecular formula is C8H8ClNOS. The Labute approximate surface area is 81.3 Å². The lowest BCUT2D eigenvalue weighted by atomic mass is 10.2. The van der Waals surface area contributed by atoms with Crippen molar-refractivity contribution in [2.75, 3.05) is 5.32 Å². The smallest absolute Gasteiger partial charge is 0.280 e. The summed E-state index contributed by atoms with van der Waals surface area (Å²) >= 11 is 9.42. The number of halogens is 1. The van der Waals surface area contributed by atoms with Crippen LogP contribution in [0.1, 0.15) is 5.56 Å². The van der Waals surface area contributed by atoms with Crippen molar-refractivity contribution in [3.8, 4) is 0 Å². The van der Waals surface area contributed by atoms with Crippen molar-refractivity contribution in [1.29, 1.82) is 0 Å². The van der Waals surface area contributed by atoms with Gasteiger partial charge < -0.3 is 5.32 Å². The van der Waals surface area contributed by atoms with Gasteiger partial charge in [-0.15, -0.1) is 0 Å². The summed E-state index contributed by atoms with van der Waals surface area (Å²) in [6.45, 7) is 1.87. The summed E-state index contributed by atoms with van der Waals surface area (Å²) in [4.78, 5) is 10.6. The lowest BCUT2D eigenvalue weighted by Crippen LogP contribution is -2.03. The summed E-state index contributed by atoms with van der Waals surface area (Å²) in [5, 5.41) is 2.65. The number of thiol groups is 1. The molecule has 64 valence electrons. The highest BCUT2D eigenvalue weighted by atomic mass is 35.5. The quantitative estimate of drug-likeness (QED) is 0.672. The van der Waals surface area contributed by atoms with Crippen LogP contribution in [0.4, 0.5) is 10.5 Å². The van der Waals surface area contributed by atoms with Gasteiger partial charge in [0.15, 0.2) is 0 Å². The molecule has 0 aliphatic carbocycles. The number of carbonyl (C=O) groups is 1. The first kappa shape index (κ1) is 9.42. The minimum Gasteiger partial charge on any atom is -0.315 e. The van der Waals surface area contributed by atoms with Crippen LogP contribution in [0.25, 0.3) is 0 Å². The maximum absolute atomic E-state index is 10.6. The number of benzene rings is 1. The Morgan fingerprint density at radius 1 is 1.58 bits per heavy atom. The zero-order valence-corrected chi connectivity index (χ0v) is 8.12. The Balaban J connectivity index is 3.04. The number of aryl methyl sites for hydroxylation is 1. The summed E-state index contributed by atoms with van der Waals surface area (Å²) in [6.07, 6.45) is 0. The highest BCUT2D eigenvalue weighted by Crippen LogP contribution is 2.25. The summed E-state index contributed by atoms with van der Waals surface area (Å²) < 4.78 is 0. The van der Waals surface area contributed by atoms with Crippen LogP contribution in [0, 0.1) is 6.92 Å². The molecule has 1 rings (SSSR count). The Morgan fingerprint density at radius 3 is 2.75 bits per heavy atom. The third kappa shape index (κ3) is 2.16. The molecule has 1 aromatic carbocycles. The third-order valence-corrected chi connectivity index (χ3v) is 1.88. The molecule has 0 aromatic heterocycles. The zero-order valence-electron chi connectivity index (χ0n) is 6.47. The fourth-order valence-corrected chi connectivity index (χ4v) is 1.28. The van der Waals surface area contributed by atoms with E-state index in [2.05, 4.69) is 17.9 Å². The molecule has 0 heterocycles. The highest BCUT2D eigenvalue weighted by Gasteiger charge is 2.04. The maximum Gasteiger partial charge on any atom is 0.280 e. The van der Waals surface area contributed by atoms with Gasteiger partial charge in [0.2, 0.25) is 0 Å². The minimum atomic E-state index is -0.411. The predicted octanol–water partition coefficient (Wildman–Crippen LogP) is 3.11. The summed E-state index contributed by atoms with van der Waals surface area (Å²) in [5.74, 6) is 0. The fraction of sp³-hybridized carbons (Fsp3) is 0.125. The van der Waals surface area contributed by atoms with Gasteiger partial charge in [-0.25, -0.2) is 0 Å². The molecule has 0 saturated heterocycles. The highest BCUT2D eigenvalue weighted by molar-refractivity contribution is 7.96. The van der Waals surface area contributed by atoms with E-state index in [-0.39, 0.29) is 0 Å². The van der Waals surface area contributed by atoms with Gasteiger partial charge in [-0.2, -0.15) is 0 Å². The van der Waals surface area contributed by atoms with E-state index in [9.17, 15) is 4.79 Å². The monoisotopic (exact) mass is 201 g/mol. The molecule has 0 fully saturated rings. The van der Waals surface area contributed by atoms with Crippen molar-refractivity contribution < 1.29 is 4.79 Å². The average molecular weight is 202 g/mol. The molecule has 0 unspecified atom stereocenters. The molecule has 1 N–H and O–H groups in total. The van der Waals surface area contributed by atoms with Crippen LogP contribution in [0.5, 0.6) is 0 Å². The van der Waals surface area contributed by atoms with Gasteiger partial charge in [-0.05, 0) is 18.6 Å². The molecule has 0 atom stereocenters. The number of hydrogen-bond donors (Lipinski definition) is 2. The lowest BCUT2D eigenvalue weighted by molar-refractivity contribution is 0.270. The van der Waals surface area contributed by atoms with E-state index >= 15 is 0 Å². The van der Waals surface area contributed by atoms with E-state index in [1.54, 1.807) is 6.07 Å². The topological polar surface area (TPSA) is 29.1 Å². The first-order valence-electron chi connectivity index (χ1n) is 3.36. The van der Waals surface area contributed by atoms with E-state index in [4.69, 9.17) is 11.6 Å². The number of rotatable bonds is 1. The molecule has 2 nitrogen and oxygen atoms in total. The Bertz CT molecular complexity index is 294. The number of amides is 1. The Morgan fingerprint density at radius 2 is 2.25 bits per heavy atom. The number of para-hydroxylation sites is 1. The van der Waals surface area contributed by atoms with Crippen LogP contribution in [-0.4, -0.2) is 5.24 Å². The van der Waals surface area contributed by atoms with Crippen molar-refractivity contribution in [1.82, 2.24) is 0 Å². The number of anilines is 1. The molecule has 1 aromatic rings. The van der Waals surface area contributed by atoms with Gasteiger partial charge in [-0.1, -0.05) is 36.4 Å². The van der Waals surface area contributed by atoms with Crippen molar-refractivity contribution in [2.45, 2.75) is 6.92 Å². The normalized spacial score (nSPS) is 9.58. The van der Waals surface area contributed by atoms with Crippen LogP contribution < -0.4 is 5.32 Å². The molecule has 0 saturated carbocycles. The van der Waals surface area contributed by atoms with E-state index in [0.29, 0.717) is 10.7 Å². The van der Waals surface area contributed by atoms with Gasteiger partial charge in [0.05, 0.1) is 10.7 Å². The predicted molar refractivity (Wildman–Crippen MR) is 54.2 cm³/mol. The lowest BCUT2D eigenvalue weighted by Gasteiger charge is -2.06. The Kier molecular flexibility index (Phi) is 3.00. The largest absolute Gasteiger partial charge is 0.315 e. The van der Waals surface area contributed by atoms with Crippen molar-refractivity contribution in [3.05, 3.63) is 28.8 Å². The maximum atomic E-state index is 10.6. The number of nitrogens with one attached hydrogen (secondary N) is 1. The molecule has 0 aliphatic rings. The molecule has 1 amide bonds. The van der Waals surface area contributed by atoms with Crippen LogP contribution in [-0.2, 0) is 0 Å². The molecule has 0 aliphatic heterocycles. The molecule has 4 heteroatoms. The van der Waals surface area contributed by atoms with Crippen LogP contribution >= 0.6 is 24.2 Å². The third-order valence-electron chi connectivity index (χ3n) is 1.45. The zero-order chi connectivity index (χ0) is 9.14. The van der Waals surface area contributed by atoms with E-state index < -0.39 is 5.24 Å². The van der Waals surface area contributed by atoms with E-state index in [1.807, 2.05) is 19.1 Å². The van der Waals surface area contributed by atoms with E-state index in [0.717, 1.165) is 5.56 Å². The average Bonchev–Trinajstić information content (AvgIpc) is 1.97. The Hall–Kier alpha value is -0.670. The first-order chi connectivity index (χ1) is 5.61. The van der Waals surface area contributed by atoms with Crippen molar-refractivity contribution in [2.24, 2.45) is 0 Å². The molecule has 0 radical (unpaired) electrons. The number of hydrogen-bond acceptors (Lipinski definition) is 1. The van der Waals surface area contributed by atoms with Crippen LogP contribution in [0.2, 0.25) is 5.02 Å².